The normalized spacial score (nSPS) is 10.8. The van der Waals surface area contributed by atoms with Crippen LogP contribution in [0.1, 0.15) is 11.1 Å². The second kappa shape index (κ2) is 6.86. The first-order chi connectivity index (χ1) is 9.29. The molecule has 1 N–H and O–H groups in total. The maximum atomic E-state index is 9.84. The van der Waals surface area contributed by atoms with Crippen molar-refractivity contribution in [2.75, 3.05) is 5.88 Å². The van der Waals surface area contributed by atoms with E-state index in [4.69, 9.17) is 16.3 Å². The maximum Gasteiger partial charge on any atom is 0.126 e. The number of ether oxygens (including phenoxy) is 1. The van der Waals surface area contributed by atoms with Crippen LogP contribution in [-0.2, 0) is 6.61 Å². The summed E-state index contributed by atoms with van der Waals surface area (Å²) in [5, 5.41) is 9.84. The molecule has 98 valence electrons. The Kier molecular flexibility index (Phi) is 4.87. The van der Waals surface area contributed by atoms with E-state index in [1.165, 1.54) is 0 Å². The monoisotopic (exact) mass is 274 g/mol. The molecule has 0 fully saturated rings. The molecule has 0 aliphatic heterocycles. The van der Waals surface area contributed by atoms with Crippen LogP contribution in [0.3, 0.4) is 0 Å². The number of hydrogen-bond donors (Lipinski definition) is 1. The lowest BCUT2D eigenvalue weighted by molar-refractivity contribution is 0.304. The lowest BCUT2D eigenvalue weighted by atomic mass is 10.2. The van der Waals surface area contributed by atoms with Crippen molar-refractivity contribution in [2.24, 2.45) is 0 Å². The minimum Gasteiger partial charge on any atom is -0.507 e. The first-order valence-electron chi connectivity index (χ1n) is 6.02. The van der Waals surface area contributed by atoms with E-state index < -0.39 is 0 Å². The number of phenols is 1. The van der Waals surface area contributed by atoms with Crippen molar-refractivity contribution in [3.05, 3.63) is 65.7 Å². The van der Waals surface area contributed by atoms with E-state index >= 15 is 0 Å². The number of alkyl halides is 1. The van der Waals surface area contributed by atoms with E-state index in [0.717, 1.165) is 11.1 Å². The van der Waals surface area contributed by atoms with E-state index in [1.807, 2.05) is 36.4 Å². The van der Waals surface area contributed by atoms with Gasteiger partial charge >= 0.3 is 0 Å². The average molecular weight is 275 g/mol. The van der Waals surface area contributed by atoms with Gasteiger partial charge in [-0.15, -0.1) is 11.6 Å². The van der Waals surface area contributed by atoms with Gasteiger partial charge in [0.15, 0.2) is 0 Å². The van der Waals surface area contributed by atoms with Crippen molar-refractivity contribution in [3.8, 4) is 11.5 Å². The molecule has 2 aromatic carbocycles. The van der Waals surface area contributed by atoms with Gasteiger partial charge in [0, 0.05) is 17.5 Å². The number of phenolic OH excluding ortho intramolecular Hbond substituents is 1. The third kappa shape index (κ3) is 4.04. The summed E-state index contributed by atoms with van der Waals surface area (Å²) < 4.78 is 5.62. The molecule has 19 heavy (non-hydrogen) atoms. The van der Waals surface area contributed by atoms with Gasteiger partial charge in [0.2, 0.25) is 0 Å². The minimum absolute atomic E-state index is 0.187. The van der Waals surface area contributed by atoms with Gasteiger partial charge in [-0.2, -0.15) is 0 Å². The summed E-state index contributed by atoms with van der Waals surface area (Å²) in [5.41, 5.74) is 1.82. The minimum atomic E-state index is 0.187. The lowest BCUT2D eigenvalue weighted by Crippen LogP contribution is -1.94. The molecule has 0 unspecified atom stereocenters. The Morgan fingerprint density at radius 2 is 1.89 bits per heavy atom. The highest BCUT2D eigenvalue weighted by Crippen LogP contribution is 2.25. The molecule has 0 aromatic heterocycles. The molecule has 2 rings (SSSR count). The fourth-order valence-corrected chi connectivity index (χ4v) is 1.76. The SMILES string of the molecule is Oc1cc(OCc2ccccc2)ccc1C=CCCl. The standard InChI is InChI=1S/C16H15ClO2/c17-10-4-7-14-8-9-15(11-16(14)18)19-12-13-5-2-1-3-6-13/h1-9,11,18H,10,12H2. The van der Waals surface area contributed by atoms with Crippen molar-refractivity contribution >= 4 is 17.7 Å². The zero-order chi connectivity index (χ0) is 13.5. The van der Waals surface area contributed by atoms with E-state index in [2.05, 4.69) is 0 Å². The third-order valence-corrected chi connectivity index (χ3v) is 2.81. The molecule has 0 saturated heterocycles. The Balaban J connectivity index is 2.02. The fourth-order valence-electron chi connectivity index (χ4n) is 1.67. The summed E-state index contributed by atoms with van der Waals surface area (Å²) in [5.74, 6) is 1.25. The van der Waals surface area contributed by atoms with Gasteiger partial charge in [-0.25, -0.2) is 0 Å². The van der Waals surface area contributed by atoms with Crippen molar-refractivity contribution in [1.29, 1.82) is 0 Å². The molecule has 0 saturated carbocycles. The second-order valence-electron chi connectivity index (χ2n) is 4.05. The molecular formula is C16H15ClO2. The molecule has 2 aromatic rings. The van der Waals surface area contributed by atoms with Crippen molar-refractivity contribution in [1.82, 2.24) is 0 Å². The fraction of sp³-hybridized carbons (Fsp3) is 0.125. The molecule has 2 nitrogen and oxygen atoms in total. The maximum absolute atomic E-state index is 9.84. The highest BCUT2D eigenvalue weighted by molar-refractivity contribution is 6.19. The predicted octanol–water partition coefficient (Wildman–Crippen LogP) is 4.22. The molecule has 0 spiro atoms. The van der Waals surface area contributed by atoms with Crippen LogP contribution >= 0.6 is 11.6 Å². The number of aromatic hydroxyl groups is 1. The highest BCUT2D eigenvalue weighted by Gasteiger charge is 2.01. The summed E-state index contributed by atoms with van der Waals surface area (Å²) in [6.45, 7) is 0.483. The molecule has 0 amide bonds. The number of hydrogen-bond acceptors (Lipinski definition) is 2. The molecule has 3 heteroatoms. The smallest absolute Gasteiger partial charge is 0.126 e. The quantitative estimate of drug-likeness (QED) is 0.827. The van der Waals surface area contributed by atoms with Gasteiger partial charge in [0.05, 0.1) is 0 Å². The molecule has 0 aliphatic carbocycles. The van der Waals surface area contributed by atoms with Crippen LogP contribution in [0.15, 0.2) is 54.6 Å². The first-order valence-corrected chi connectivity index (χ1v) is 6.55. The Labute approximate surface area is 117 Å². The molecule has 0 atom stereocenters. The summed E-state index contributed by atoms with van der Waals surface area (Å²) in [6, 6.07) is 15.1. The van der Waals surface area contributed by atoms with Crippen LogP contribution in [-0.4, -0.2) is 11.0 Å². The topological polar surface area (TPSA) is 29.5 Å². The number of halogens is 1. The Bertz CT molecular complexity index is 550. The number of benzene rings is 2. The summed E-state index contributed by atoms with van der Waals surface area (Å²) in [4.78, 5) is 0. The van der Waals surface area contributed by atoms with Crippen molar-refractivity contribution < 1.29 is 9.84 Å². The van der Waals surface area contributed by atoms with Gasteiger partial charge in [0.1, 0.15) is 18.1 Å². The van der Waals surface area contributed by atoms with Gasteiger partial charge in [-0.05, 0) is 17.7 Å². The van der Waals surface area contributed by atoms with E-state index in [0.29, 0.717) is 18.2 Å². The third-order valence-electron chi connectivity index (χ3n) is 2.64. The second-order valence-corrected chi connectivity index (χ2v) is 4.36. The Morgan fingerprint density at radius 1 is 1.11 bits per heavy atom. The van der Waals surface area contributed by atoms with Crippen LogP contribution in [0.2, 0.25) is 0 Å². The van der Waals surface area contributed by atoms with E-state index in [9.17, 15) is 5.11 Å². The molecule has 0 bridgehead atoms. The van der Waals surface area contributed by atoms with Gasteiger partial charge in [-0.3, -0.25) is 0 Å². The molecule has 0 radical (unpaired) electrons. The van der Waals surface area contributed by atoms with Crippen LogP contribution in [0.4, 0.5) is 0 Å². The Hall–Kier alpha value is -1.93. The number of allylic oxidation sites excluding steroid dienone is 1. The van der Waals surface area contributed by atoms with E-state index in [1.54, 1.807) is 24.3 Å². The predicted molar refractivity (Wildman–Crippen MR) is 78.6 cm³/mol. The Morgan fingerprint density at radius 3 is 2.58 bits per heavy atom. The van der Waals surface area contributed by atoms with Crippen LogP contribution in [0.5, 0.6) is 11.5 Å². The van der Waals surface area contributed by atoms with Crippen LogP contribution < -0.4 is 4.74 Å². The van der Waals surface area contributed by atoms with Crippen LogP contribution in [0.25, 0.3) is 6.08 Å². The average Bonchev–Trinajstić information content (AvgIpc) is 2.45. The molecule has 0 heterocycles. The molecule has 0 aliphatic rings. The van der Waals surface area contributed by atoms with E-state index in [-0.39, 0.29) is 5.75 Å². The van der Waals surface area contributed by atoms with Crippen molar-refractivity contribution in [3.63, 3.8) is 0 Å². The largest absolute Gasteiger partial charge is 0.507 e. The summed E-state index contributed by atoms with van der Waals surface area (Å²) in [6.07, 6.45) is 3.56. The molecular weight excluding hydrogens is 260 g/mol. The van der Waals surface area contributed by atoms with Gasteiger partial charge < -0.3 is 9.84 Å². The zero-order valence-corrected chi connectivity index (χ0v) is 11.2. The van der Waals surface area contributed by atoms with Gasteiger partial charge in [0.25, 0.3) is 0 Å². The number of rotatable bonds is 5. The van der Waals surface area contributed by atoms with Gasteiger partial charge in [-0.1, -0.05) is 42.5 Å². The van der Waals surface area contributed by atoms with Crippen molar-refractivity contribution in [2.45, 2.75) is 6.61 Å². The zero-order valence-electron chi connectivity index (χ0n) is 10.4. The first kappa shape index (κ1) is 13.5. The summed E-state index contributed by atoms with van der Waals surface area (Å²) >= 11 is 5.56. The highest BCUT2D eigenvalue weighted by atomic mass is 35.5. The lowest BCUT2D eigenvalue weighted by Gasteiger charge is -2.07. The summed E-state index contributed by atoms with van der Waals surface area (Å²) in [7, 11) is 0. The van der Waals surface area contributed by atoms with Crippen LogP contribution in [0, 0.1) is 0 Å².